The van der Waals surface area contributed by atoms with Gasteiger partial charge in [-0.2, -0.15) is 0 Å². The summed E-state index contributed by atoms with van der Waals surface area (Å²) >= 11 is 0. The molecule has 0 spiro atoms. The monoisotopic (exact) mass is 1140 g/mol. The van der Waals surface area contributed by atoms with E-state index in [0.717, 1.165) is 35.9 Å². The molecule has 36 heteroatoms. The van der Waals surface area contributed by atoms with Crippen molar-refractivity contribution in [1.82, 2.24) is 0 Å². The molecule has 0 N–H and O–H groups in total. The highest BCUT2D eigenvalue weighted by Crippen LogP contribution is 2.02. The zero-order chi connectivity index (χ0) is 58.0. The Morgan fingerprint density at radius 2 is 0.250 bits per heavy atom. The van der Waals surface area contributed by atoms with Crippen LogP contribution in [0, 0.1) is 0 Å². The van der Waals surface area contributed by atoms with E-state index >= 15 is 0 Å². The van der Waals surface area contributed by atoms with Gasteiger partial charge in [0.1, 0.15) is 0 Å². The summed E-state index contributed by atoms with van der Waals surface area (Å²) in [5.74, 6) is 0. The summed E-state index contributed by atoms with van der Waals surface area (Å²) in [5, 5.41) is 0. The van der Waals surface area contributed by atoms with Crippen LogP contribution < -0.4 is 38.4 Å². The average Bonchev–Trinajstić information content (AvgIpc) is 2.75. The molecular formula is C32H96N8O20Si8. The fraction of sp³-hybridized carbons (Fsp3) is 1.00. The van der Waals surface area contributed by atoms with Gasteiger partial charge in [-0.3, -0.25) is 17.8 Å². The molecule has 0 radical (unpaired) electrons. The minimum atomic E-state index is -6.33. The Bertz CT molecular complexity index is 1060. The van der Waals surface area contributed by atoms with E-state index in [1.54, 1.807) is 0 Å². The van der Waals surface area contributed by atoms with E-state index in [9.17, 15) is 56.2 Å². The van der Waals surface area contributed by atoms with Crippen LogP contribution in [0.25, 0.3) is 0 Å². The first-order chi connectivity index (χ1) is 28.4. The lowest BCUT2D eigenvalue weighted by Crippen LogP contribution is -2.76. The summed E-state index contributed by atoms with van der Waals surface area (Å²) in [7, 11) is 24.0. The largest absolute Gasteiger partial charge is 0.809 e. The first kappa shape index (κ1) is 83.6. The lowest BCUT2D eigenvalue weighted by Gasteiger charge is -2.49. The highest BCUT2D eigenvalue weighted by Gasteiger charge is 2.34. The Balaban J connectivity index is -0.000000121. The van der Waals surface area contributed by atoms with Crippen molar-refractivity contribution in [2.24, 2.45) is 0 Å². The lowest BCUT2D eigenvalue weighted by molar-refractivity contribution is -0.849. The molecule has 1 saturated heterocycles. The molecule has 68 heavy (non-hydrogen) atoms. The van der Waals surface area contributed by atoms with Gasteiger partial charge in [0, 0.05) is 0 Å². The molecule has 0 aromatic rings. The second-order valence-electron chi connectivity index (χ2n) is 25.3. The molecule has 1 rings (SSSR count). The Morgan fingerprint density at radius 3 is 0.294 bits per heavy atom. The second kappa shape index (κ2) is 33.4. The SMILES string of the molecule is C[N+](C)(C)C.C[N+](C)(C)C.C[N+](C)(C)C.C[N+](C)(C)C.C[N+](C)(C)C.C[N+](C)(C)C.C[N+](C)(C)C.C[N+](C)(C)C.O=[Si]1O[Si]([O-])([O-])O[Si](=O)O[Si]([O-])([O-])O[Si](=O)O[Si]([O-])([O-])O[Si](=O)O[Si]([O-])([O-])O1. The number of quaternary nitrogens is 8. The maximum Gasteiger partial charge on any atom is 0.737 e. The van der Waals surface area contributed by atoms with Crippen LogP contribution in [-0.4, -0.2) is 334 Å². The molecule has 1 fully saturated rings. The van der Waals surface area contributed by atoms with Crippen molar-refractivity contribution in [2.45, 2.75) is 0 Å². The van der Waals surface area contributed by atoms with Gasteiger partial charge in [-0.1, -0.05) is 0 Å². The smallest absolute Gasteiger partial charge is 0.737 e. The minimum absolute atomic E-state index is 1.00. The molecule has 0 aliphatic carbocycles. The number of hydrogen-bond acceptors (Lipinski definition) is 20. The third-order valence-electron chi connectivity index (χ3n) is 1.67. The van der Waals surface area contributed by atoms with Gasteiger partial charge in [-0.15, -0.1) is 0 Å². The van der Waals surface area contributed by atoms with E-state index in [4.69, 9.17) is 0 Å². The molecular weight excluding hydrogens is 1040 g/mol. The molecule has 0 aromatic heterocycles. The van der Waals surface area contributed by atoms with Crippen LogP contribution >= 0.6 is 0 Å². The van der Waals surface area contributed by atoms with Crippen LogP contribution in [0.5, 0.6) is 0 Å². The highest BCUT2D eigenvalue weighted by molar-refractivity contribution is 6.69. The van der Waals surface area contributed by atoms with Crippen molar-refractivity contribution in [1.29, 1.82) is 0 Å². The van der Waals surface area contributed by atoms with Gasteiger partial charge in [-0.25, -0.2) is 0 Å². The maximum absolute atomic E-state index is 11.2. The molecule has 0 unspecified atom stereocenters. The van der Waals surface area contributed by atoms with Crippen molar-refractivity contribution in [3.05, 3.63) is 0 Å². The molecule has 28 nitrogen and oxygen atoms in total. The van der Waals surface area contributed by atoms with Crippen LogP contribution in [0.15, 0.2) is 0 Å². The van der Waals surface area contributed by atoms with E-state index in [0.29, 0.717) is 0 Å². The predicted octanol–water partition coefficient (Wildman–Crippen LogP) is -11.0. The first-order valence-corrected chi connectivity index (χ1v) is 31.5. The maximum atomic E-state index is 11.2. The Morgan fingerprint density at radius 1 is 0.206 bits per heavy atom. The summed E-state index contributed by atoms with van der Waals surface area (Å²) < 4.78 is 80.6. The fourth-order valence-electron chi connectivity index (χ4n) is 0.983. The van der Waals surface area contributed by atoms with Crippen molar-refractivity contribution in [3.8, 4) is 0 Å². The Kier molecular flexibility index (Phi) is 41.1. The van der Waals surface area contributed by atoms with Gasteiger partial charge >= 0.3 is 36.7 Å². The number of rotatable bonds is 0. The van der Waals surface area contributed by atoms with Gasteiger partial charge in [0.25, 0.3) is 36.2 Å². The average molecular weight is 1140 g/mol. The van der Waals surface area contributed by atoms with Gasteiger partial charge in [0.2, 0.25) is 0 Å². The van der Waals surface area contributed by atoms with E-state index in [1.165, 1.54) is 0 Å². The highest BCUT2D eigenvalue weighted by atomic mass is 28.5. The first-order valence-electron chi connectivity index (χ1n) is 20.0. The molecule has 0 saturated carbocycles. The van der Waals surface area contributed by atoms with E-state index < -0.39 is 72.9 Å². The van der Waals surface area contributed by atoms with Crippen molar-refractivity contribution in [2.75, 3.05) is 226 Å². The van der Waals surface area contributed by atoms with Crippen molar-refractivity contribution >= 4 is 72.9 Å². The Hall–Kier alpha value is -1.30. The quantitative estimate of drug-likeness (QED) is 0.161. The van der Waals surface area contributed by atoms with Crippen molar-refractivity contribution in [3.63, 3.8) is 0 Å². The van der Waals surface area contributed by atoms with Crippen LogP contribution in [0.1, 0.15) is 0 Å². The molecule has 416 valence electrons. The van der Waals surface area contributed by atoms with Crippen LogP contribution in [0.3, 0.4) is 0 Å². The summed E-state index contributed by atoms with van der Waals surface area (Å²) in [6.07, 6.45) is 0. The van der Waals surface area contributed by atoms with Gasteiger partial charge in [-0.05, 0) is 0 Å². The number of nitrogens with zero attached hydrogens (tertiary/aromatic N) is 8. The van der Waals surface area contributed by atoms with Crippen LogP contribution in [0.4, 0.5) is 0 Å². The Labute approximate surface area is 421 Å². The van der Waals surface area contributed by atoms with Crippen LogP contribution in [-0.2, 0) is 50.8 Å². The summed E-state index contributed by atoms with van der Waals surface area (Å²) in [5.41, 5.74) is 0. The molecule has 0 bridgehead atoms. The summed E-state index contributed by atoms with van der Waals surface area (Å²) in [4.78, 5) is 89.8. The van der Waals surface area contributed by atoms with Gasteiger partial charge < -0.3 is 107 Å². The number of hydrogen-bond donors (Lipinski definition) is 0. The fourth-order valence-corrected chi connectivity index (χ4v) is 11.8. The van der Waals surface area contributed by atoms with E-state index in [2.05, 4.69) is 258 Å². The van der Waals surface area contributed by atoms with Crippen LogP contribution in [0.2, 0.25) is 0 Å². The standard InChI is InChI=1S/8C4H12N.O20Si8/c8*1-5(2,3)4;1-21-13-25(5,6)15-22(2)17-27(9,10)19-24(4)20-28(11,12)18-23(3)16-26(7,8)14-21/h8*1-4H3;/q8*+1;-8. The molecule has 0 atom stereocenters. The van der Waals surface area contributed by atoms with E-state index in [1.807, 2.05) is 0 Å². The zero-order valence-electron chi connectivity index (χ0n) is 47.7. The predicted molar refractivity (Wildman–Crippen MR) is 249 cm³/mol. The zero-order valence-corrected chi connectivity index (χ0v) is 55.7. The topological polar surface area (TPSA) is 327 Å². The molecule has 1 heterocycles. The summed E-state index contributed by atoms with van der Waals surface area (Å²) in [6.45, 7) is 0. The van der Waals surface area contributed by atoms with Gasteiger partial charge in [0.05, 0.1) is 226 Å². The molecule has 0 aromatic carbocycles. The van der Waals surface area contributed by atoms with Gasteiger partial charge in [0.15, 0.2) is 0 Å². The molecule has 0 amide bonds. The second-order valence-corrected chi connectivity index (χ2v) is 37.8. The van der Waals surface area contributed by atoms with E-state index in [-0.39, 0.29) is 0 Å². The third kappa shape index (κ3) is 175. The lowest BCUT2D eigenvalue weighted by atomic mass is 10.8. The third-order valence-corrected chi connectivity index (χ3v) is 15.0. The van der Waals surface area contributed by atoms with Crippen molar-refractivity contribution < 1.29 is 125 Å². The normalized spacial score (nSPS) is 17.2. The molecule has 1 aliphatic heterocycles. The summed E-state index contributed by atoms with van der Waals surface area (Å²) in [6, 6.07) is 0. The molecule has 1 aliphatic rings. The minimum Gasteiger partial charge on any atom is -0.809 e.